The lowest BCUT2D eigenvalue weighted by atomic mass is 10.1. The number of nitrogens with one attached hydrogen (secondary N) is 1. The van der Waals surface area contributed by atoms with Crippen LogP contribution in [0.3, 0.4) is 0 Å². The van der Waals surface area contributed by atoms with Gasteiger partial charge in [-0.15, -0.1) is 0 Å². The van der Waals surface area contributed by atoms with Gasteiger partial charge in [-0.25, -0.2) is 4.98 Å². The highest BCUT2D eigenvalue weighted by Gasteiger charge is 2.30. The van der Waals surface area contributed by atoms with Gasteiger partial charge in [-0.1, -0.05) is 47.4 Å². The molecule has 4 aromatic rings. The summed E-state index contributed by atoms with van der Waals surface area (Å²) in [5.41, 5.74) is 0.486. The lowest BCUT2D eigenvalue weighted by Crippen LogP contribution is -2.09. The van der Waals surface area contributed by atoms with Crippen molar-refractivity contribution in [1.29, 1.82) is 0 Å². The number of benzene rings is 2. The number of aromatic amines is 1. The SMILES string of the molecule is COc1cccc(-n2c(=S)sc3c(=O)[nH]c(SCc4cccc(C(F)(F)F)c4)nc32)c1. The van der Waals surface area contributed by atoms with E-state index in [1.807, 2.05) is 6.07 Å². The van der Waals surface area contributed by atoms with Gasteiger partial charge in [0.1, 0.15) is 10.4 Å². The first kappa shape index (κ1) is 21.6. The van der Waals surface area contributed by atoms with E-state index in [-0.39, 0.29) is 11.3 Å². The fourth-order valence-electron chi connectivity index (χ4n) is 2.93. The molecule has 0 bridgehead atoms. The van der Waals surface area contributed by atoms with Crippen LogP contribution in [0.15, 0.2) is 58.5 Å². The first-order valence-electron chi connectivity index (χ1n) is 8.85. The molecule has 0 amide bonds. The van der Waals surface area contributed by atoms with Gasteiger partial charge in [0, 0.05) is 11.8 Å². The van der Waals surface area contributed by atoms with E-state index in [0.29, 0.717) is 36.5 Å². The Hall–Kier alpha value is -2.63. The van der Waals surface area contributed by atoms with Gasteiger partial charge >= 0.3 is 6.18 Å². The van der Waals surface area contributed by atoms with Gasteiger partial charge in [0.25, 0.3) is 5.56 Å². The second-order valence-corrected chi connectivity index (χ2v) is 9.02. The first-order chi connectivity index (χ1) is 14.8. The number of hydrogen-bond acceptors (Lipinski definition) is 6. The standard InChI is InChI=1S/C20H14F3N3O2S3/c1-28-14-7-3-6-13(9-14)26-16-15(31-19(26)29)17(27)25-18(24-16)30-10-11-4-2-5-12(8-11)20(21,22)23/h2-9H,10H2,1H3,(H,24,25,27). The summed E-state index contributed by atoms with van der Waals surface area (Å²) < 4.78 is 46.6. The van der Waals surface area contributed by atoms with E-state index in [1.165, 1.54) is 6.07 Å². The van der Waals surface area contributed by atoms with Crippen LogP contribution in [-0.2, 0) is 11.9 Å². The van der Waals surface area contributed by atoms with Crippen LogP contribution in [-0.4, -0.2) is 21.6 Å². The Morgan fingerprint density at radius 2 is 2.00 bits per heavy atom. The average Bonchev–Trinajstić information content (AvgIpc) is 3.08. The van der Waals surface area contributed by atoms with Gasteiger partial charge in [-0.3, -0.25) is 9.36 Å². The van der Waals surface area contributed by atoms with Crippen LogP contribution in [0.2, 0.25) is 0 Å². The van der Waals surface area contributed by atoms with Crippen molar-refractivity contribution < 1.29 is 17.9 Å². The van der Waals surface area contributed by atoms with Crippen LogP contribution in [0.4, 0.5) is 13.2 Å². The molecule has 2 aromatic heterocycles. The number of thiazole rings is 1. The molecule has 0 spiro atoms. The van der Waals surface area contributed by atoms with E-state index >= 15 is 0 Å². The molecule has 0 radical (unpaired) electrons. The first-order valence-corrected chi connectivity index (χ1v) is 11.1. The molecule has 0 saturated carbocycles. The molecule has 0 aliphatic rings. The molecular formula is C20H14F3N3O2S3. The number of methoxy groups -OCH3 is 1. The van der Waals surface area contributed by atoms with Crippen LogP contribution in [0.25, 0.3) is 16.0 Å². The molecule has 0 unspecified atom stereocenters. The number of halogens is 3. The van der Waals surface area contributed by atoms with Crippen molar-refractivity contribution in [1.82, 2.24) is 14.5 Å². The Balaban J connectivity index is 1.71. The van der Waals surface area contributed by atoms with Crippen LogP contribution < -0.4 is 10.3 Å². The topological polar surface area (TPSA) is 59.9 Å². The predicted molar refractivity (Wildman–Crippen MR) is 118 cm³/mol. The normalized spacial score (nSPS) is 11.7. The molecule has 2 aromatic carbocycles. The van der Waals surface area contributed by atoms with E-state index in [2.05, 4.69) is 9.97 Å². The minimum atomic E-state index is -4.41. The van der Waals surface area contributed by atoms with Crippen LogP contribution in [0.5, 0.6) is 5.75 Å². The van der Waals surface area contributed by atoms with Crippen molar-refractivity contribution in [3.63, 3.8) is 0 Å². The van der Waals surface area contributed by atoms with E-state index in [0.717, 1.165) is 35.2 Å². The summed E-state index contributed by atoms with van der Waals surface area (Å²) in [4.78, 5) is 19.8. The molecule has 1 N–H and O–H groups in total. The summed E-state index contributed by atoms with van der Waals surface area (Å²) in [6.07, 6.45) is -4.41. The predicted octanol–water partition coefficient (Wildman–Crippen LogP) is 5.82. The van der Waals surface area contributed by atoms with Crippen LogP contribution >= 0.6 is 35.3 Å². The zero-order valence-corrected chi connectivity index (χ0v) is 18.3. The van der Waals surface area contributed by atoms with Gasteiger partial charge < -0.3 is 9.72 Å². The Kier molecular flexibility index (Phi) is 5.91. The number of rotatable bonds is 5. The molecule has 31 heavy (non-hydrogen) atoms. The Morgan fingerprint density at radius 1 is 1.23 bits per heavy atom. The lowest BCUT2D eigenvalue weighted by molar-refractivity contribution is -0.137. The summed E-state index contributed by atoms with van der Waals surface area (Å²) in [5.74, 6) is 0.838. The van der Waals surface area contributed by atoms with Crippen LogP contribution in [0, 0.1) is 3.95 Å². The summed E-state index contributed by atoms with van der Waals surface area (Å²) >= 11 is 7.72. The zero-order chi connectivity index (χ0) is 22.2. The summed E-state index contributed by atoms with van der Waals surface area (Å²) in [7, 11) is 1.55. The largest absolute Gasteiger partial charge is 0.497 e. The third kappa shape index (κ3) is 4.53. The molecule has 0 aliphatic heterocycles. The van der Waals surface area contributed by atoms with Gasteiger partial charge in [-0.2, -0.15) is 13.2 Å². The average molecular weight is 482 g/mol. The summed E-state index contributed by atoms with van der Waals surface area (Å²) in [6, 6.07) is 12.3. The minimum absolute atomic E-state index is 0.211. The van der Waals surface area contributed by atoms with Gasteiger partial charge in [0.15, 0.2) is 14.8 Å². The number of aromatic nitrogens is 3. The smallest absolute Gasteiger partial charge is 0.416 e. The highest BCUT2D eigenvalue weighted by molar-refractivity contribution is 7.98. The Bertz CT molecular complexity index is 1380. The third-order valence-corrected chi connectivity index (χ3v) is 6.67. The molecule has 5 nitrogen and oxygen atoms in total. The highest BCUT2D eigenvalue weighted by atomic mass is 32.2. The van der Waals surface area contributed by atoms with Gasteiger partial charge in [-0.05, 0) is 36.0 Å². The maximum Gasteiger partial charge on any atom is 0.416 e. The van der Waals surface area contributed by atoms with E-state index in [1.54, 1.807) is 35.9 Å². The maximum atomic E-state index is 12.9. The second kappa shape index (κ2) is 8.48. The van der Waals surface area contributed by atoms with Crippen molar-refractivity contribution >= 4 is 45.7 Å². The molecule has 0 atom stereocenters. The zero-order valence-electron chi connectivity index (χ0n) is 15.9. The Labute approximate surface area is 187 Å². The van der Waals surface area contributed by atoms with E-state index < -0.39 is 11.7 Å². The van der Waals surface area contributed by atoms with E-state index in [9.17, 15) is 18.0 Å². The quantitative estimate of drug-likeness (QED) is 0.221. The molecular weight excluding hydrogens is 467 g/mol. The van der Waals surface area contributed by atoms with Crippen molar-refractivity contribution in [2.75, 3.05) is 7.11 Å². The molecule has 4 rings (SSSR count). The number of H-pyrrole nitrogens is 1. The van der Waals surface area contributed by atoms with Crippen LogP contribution in [0.1, 0.15) is 11.1 Å². The minimum Gasteiger partial charge on any atom is -0.497 e. The highest BCUT2D eigenvalue weighted by Crippen LogP contribution is 2.31. The number of nitrogens with zero attached hydrogens (tertiary/aromatic N) is 2. The molecule has 0 fully saturated rings. The number of ether oxygens (including phenoxy) is 1. The second-order valence-electron chi connectivity index (χ2n) is 6.42. The number of fused-ring (bicyclic) bond motifs is 1. The van der Waals surface area contributed by atoms with Gasteiger partial charge in [0.05, 0.1) is 18.4 Å². The summed E-state index contributed by atoms with van der Waals surface area (Å²) in [6.45, 7) is 0. The lowest BCUT2D eigenvalue weighted by Gasteiger charge is -2.09. The van der Waals surface area contributed by atoms with Crippen molar-refractivity contribution in [3.05, 3.63) is 74.0 Å². The van der Waals surface area contributed by atoms with Crippen molar-refractivity contribution in [2.45, 2.75) is 17.1 Å². The summed E-state index contributed by atoms with van der Waals surface area (Å²) in [5, 5.41) is 0.291. The van der Waals surface area contributed by atoms with Crippen molar-refractivity contribution in [3.8, 4) is 11.4 Å². The molecule has 160 valence electrons. The third-order valence-electron chi connectivity index (χ3n) is 4.36. The van der Waals surface area contributed by atoms with Crippen molar-refractivity contribution in [2.24, 2.45) is 0 Å². The molecule has 11 heteroatoms. The number of thioether (sulfide) groups is 1. The monoisotopic (exact) mass is 481 g/mol. The molecule has 0 saturated heterocycles. The fraction of sp³-hybridized carbons (Fsp3) is 0.150. The fourth-order valence-corrected chi connectivity index (χ4v) is 5.00. The van der Waals surface area contributed by atoms with Gasteiger partial charge in [0.2, 0.25) is 0 Å². The number of alkyl halides is 3. The van der Waals surface area contributed by atoms with E-state index in [4.69, 9.17) is 17.0 Å². The molecule has 0 aliphatic carbocycles. The maximum absolute atomic E-state index is 12.9. The molecule has 2 heterocycles. The Morgan fingerprint density at radius 3 is 2.74 bits per heavy atom. The number of hydrogen-bond donors (Lipinski definition) is 1.